The largest absolute Gasteiger partial charge is 0.345 e. The number of carbonyl (C=O) groups excluding carboxylic acids is 1. The van der Waals surface area contributed by atoms with E-state index in [0.29, 0.717) is 31.0 Å². The van der Waals surface area contributed by atoms with E-state index >= 15 is 0 Å². The SMILES string of the molecule is N#Cc1ccc(CN2CCN(c3cccc(F)n3)CC2=O)cc1. The number of amides is 1. The number of piperazine rings is 1. The number of nitrogens with zero attached hydrogens (tertiary/aromatic N) is 4. The molecule has 116 valence electrons. The second kappa shape index (κ2) is 6.44. The minimum atomic E-state index is -0.546. The van der Waals surface area contributed by atoms with Crippen LogP contribution in [-0.2, 0) is 11.3 Å². The van der Waals surface area contributed by atoms with E-state index in [4.69, 9.17) is 5.26 Å². The number of halogens is 1. The molecular formula is C17H15FN4O. The number of nitriles is 1. The zero-order valence-electron chi connectivity index (χ0n) is 12.4. The maximum atomic E-state index is 13.2. The van der Waals surface area contributed by atoms with Crippen LogP contribution < -0.4 is 4.90 Å². The fourth-order valence-electron chi connectivity index (χ4n) is 2.55. The summed E-state index contributed by atoms with van der Waals surface area (Å²) in [6.45, 7) is 1.86. The van der Waals surface area contributed by atoms with Crippen molar-refractivity contribution in [2.45, 2.75) is 6.54 Å². The lowest BCUT2D eigenvalue weighted by Gasteiger charge is -2.35. The molecule has 0 spiro atoms. The first-order valence-corrected chi connectivity index (χ1v) is 7.30. The average Bonchev–Trinajstić information content (AvgIpc) is 2.57. The molecule has 3 rings (SSSR count). The second-order valence-electron chi connectivity index (χ2n) is 5.36. The number of anilines is 1. The van der Waals surface area contributed by atoms with E-state index in [9.17, 15) is 9.18 Å². The molecule has 0 atom stereocenters. The summed E-state index contributed by atoms with van der Waals surface area (Å²) >= 11 is 0. The Hall–Kier alpha value is -2.94. The van der Waals surface area contributed by atoms with Gasteiger partial charge in [-0.2, -0.15) is 9.65 Å². The molecule has 1 aromatic heterocycles. The zero-order chi connectivity index (χ0) is 16.2. The number of carbonyl (C=O) groups is 1. The van der Waals surface area contributed by atoms with Crippen LogP contribution in [0.4, 0.5) is 10.2 Å². The molecule has 1 aromatic carbocycles. The van der Waals surface area contributed by atoms with E-state index in [-0.39, 0.29) is 12.5 Å². The van der Waals surface area contributed by atoms with Gasteiger partial charge in [0.05, 0.1) is 18.2 Å². The zero-order valence-corrected chi connectivity index (χ0v) is 12.4. The first kappa shape index (κ1) is 15.0. The Bertz CT molecular complexity index is 754. The molecule has 2 heterocycles. The normalized spacial score (nSPS) is 14.7. The fraction of sp³-hybridized carbons (Fsp3) is 0.235. The molecule has 0 unspecified atom stereocenters. The van der Waals surface area contributed by atoms with Crippen LogP contribution in [0.1, 0.15) is 11.1 Å². The summed E-state index contributed by atoms with van der Waals surface area (Å²) in [7, 11) is 0. The molecule has 23 heavy (non-hydrogen) atoms. The Labute approximate surface area is 133 Å². The average molecular weight is 310 g/mol. The number of hydrogen-bond acceptors (Lipinski definition) is 4. The van der Waals surface area contributed by atoms with Gasteiger partial charge in [-0.05, 0) is 29.8 Å². The lowest BCUT2D eigenvalue weighted by molar-refractivity contribution is -0.131. The summed E-state index contributed by atoms with van der Waals surface area (Å²) in [5.74, 6) is -0.0852. The van der Waals surface area contributed by atoms with Crippen molar-refractivity contribution >= 4 is 11.7 Å². The minimum Gasteiger partial charge on any atom is -0.345 e. The van der Waals surface area contributed by atoms with Crippen molar-refractivity contribution in [2.24, 2.45) is 0 Å². The van der Waals surface area contributed by atoms with Gasteiger partial charge >= 0.3 is 0 Å². The molecule has 2 aromatic rings. The van der Waals surface area contributed by atoms with Crippen molar-refractivity contribution in [2.75, 3.05) is 24.5 Å². The molecular weight excluding hydrogens is 295 g/mol. The molecule has 0 aliphatic carbocycles. The number of benzene rings is 1. The Morgan fingerprint density at radius 3 is 2.61 bits per heavy atom. The van der Waals surface area contributed by atoms with Crippen LogP contribution in [0.3, 0.4) is 0 Å². The van der Waals surface area contributed by atoms with Crippen LogP contribution in [0.2, 0.25) is 0 Å². The van der Waals surface area contributed by atoms with Gasteiger partial charge in [0.25, 0.3) is 0 Å². The van der Waals surface area contributed by atoms with Gasteiger partial charge in [-0.15, -0.1) is 0 Å². The first-order valence-electron chi connectivity index (χ1n) is 7.30. The quantitative estimate of drug-likeness (QED) is 0.813. The van der Waals surface area contributed by atoms with Gasteiger partial charge in [0, 0.05) is 19.6 Å². The van der Waals surface area contributed by atoms with E-state index < -0.39 is 5.95 Å². The van der Waals surface area contributed by atoms with Crippen molar-refractivity contribution in [3.05, 3.63) is 59.5 Å². The third-order valence-electron chi connectivity index (χ3n) is 3.80. The van der Waals surface area contributed by atoms with Crippen LogP contribution in [0.15, 0.2) is 42.5 Å². The number of hydrogen-bond donors (Lipinski definition) is 0. The molecule has 0 radical (unpaired) electrons. The highest BCUT2D eigenvalue weighted by Gasteiger charge is 2.24. The van der Waals surface area contributed by atoms with E-state index in [1.165, 1.54) is 6.07 Å². The molecule has 1 fully saturated rings. The number of rotatable bonds is 3. The summed E-state index contributed by atoms with van der Waals surface area (Å²) in [4.78, 5) is 19.7. The van der Waals surface area contributed by atoms with Gasteiger partial charge in [-0.25, -0.2) is 4.98 Å². The van der Waals surface area contributed by atoms with Gasteiger partial charge < -0.3 is 9.80 Å². The smallest absolute Gasteiger partial charge is 0.242 e. The lowest BCUT2D eigenvalue weighted by Crippen LogP contribution is -2.50. The van der Waals surface area contributed by atoms with Crippen LogP contribution in [0.25, 0.3) is 0 Å². The van der Waals surface area contributed by atoms with Crippen LogP contribution >= 0.6 is 0 Å². The third kappa shape index (κ3) is 3.46. The van der Waals surface area contributed by atoms with E-state index in [1.54, 1.807) is 34.1 Å². The second-order valence-corrected chi connectivity index (χ2v) is 5.36. The van der Waals surface area contributed by atoms with Gasteiger partial charge in [0.1, 0.15) is 5.82 Å². The molecule has 1 aliphatic heterocycles. The lowest BCUT2D eigenvalue weighted by atomic mass is 10.1. The molecule has 5 nitrogen and oxygen atoms in total. The molecule has 0 bridgehead atoms. The van der Waals surface area contributed by atoms with Gasteiger partial charge in [0.2, 0.25) is 11.9 Å². The summed E-state index contributed by atoms with van der Waals surface area (Å²) in [5.41, 5.74) is 1.58. The van der Waals surface area contributed by atoms with E-state index in [1.807, 2.05) is 12.1 Å². The number of aromatic nitrogens is 1. The maximum absolute atomic E-state index is 13.2. The van der Waals surface area contributed by atoms with Crippen LogP contribution in [-0.4, -0.2) is 35.4 Å². The van der Waals surface area contributed by atoms with Crippen molar-refractivity contribution in [1.29, 1.82) is 5.26 Å². The van der Waals surface area contributed by atoms with E-state index in [2.05, 4.69) is 11.1 Å². The van der Waals surface area contributed by atoms with Crippen molar-refractivity contribution in [3.8, 4) is 6.07 Å². The van der Waals surface area contributed by atoms with E-state index in [0.717, 1.165) is 5.56 Å². The number of pyridine rings is 1. The summed E-state index contributed by atoms with van der Waals surface area (Å²) in [6, 6.07) is 13.8. The molecule has 1 saturated heterocycles. The summed E-state index contributed by atoms with van der Waals surface area (Å²) in [6.07, 6.45) is 0. The third-order valence-corrected chi connectivity index (χ3v) is 3.80. The standard InChI is InChI=1S/C17H15FN4O/c18-15-2-1-3-16(20-15)21-8-9-22(17(23)12-21)11-14-6-4-13(10-19)5-7-14/h1-7H,8-9,11-12H2. The Morgan fingerprint density at radius 1 is 1.17 bits per heavy atom. The highest BCUT2D eigenvalue weighted by Crippen LogP contribution is 2.16. The van der Waals surface area contributed by atoms with Crippen LogP contribution in [0.5, 0.6) is 0 Å². The summed E-state index contributed by atoms with van der Waals surface area (Å²) in [5, 5.41) is 8.80. The van der Waals surface area contributed by atoms with Gasteiger partial charge in [0.15, 0.2) is 0 Å². The Morgan fingerprint density at radius 2 is 1.96 bits per heavy atom. The highest BCUT2D eigenvalue weighted by atomic mass is 19.1. The molecule has 1 aliphatic rings. The maximum Gasteiger partial charge on any atom is 0.242 e. The van der Waals surface area contributed by atoms with Gasteiger partial charge in [-0.3, -0.25) is 4.79 Å². The monoisotopic (exact) mass is 310 g/mol. The van der Waals surface area contributed by atoms with Gasteiger partial charge in [-0.1, -0.05) is 18.2 Å². The van der Waals surface area contributed by atoms with Crippen LogP contribution in [0, 0.1) is 17.3 Å². The highest BCUT2D eigenvalue weighted by molar-refractivity contribution is 5.82. The van der Waals surface area contributed by atoms with Crippen molar-refractivity contribution in [3.63, 3.8) is 0 Å². The molecule has 0 N–H and O–H groups in total. The topological polar surface area (TPSA) is 60.2 Å². The molecule has 6 heteroatoms. The predicted octanol–water partition coefficient (Wildman–Crippen LogP) is 1.94. The Kier molecular flexibility index (Phi) is 4.20. The fourth-order valence-corrected chi connectivity index (χ4v) is 2.55. The predicted molar refractivity (Wildman–Crippen MR) is 83.0 cm³/mol. The van der Waals surface area contributed by atoms with Crippen molar-refractivity contribution < 1.29 is 9.18 Å². The summed E-state index contributed by atoms with van der Waals surface area (Å²) < 4.78 is 13.2. The Balaban J connectivity index is 1.64. The van der Waals surface area contributed by atoms with Crippen molar-refractivity contribution in [1.82, 2.24) is 9.88 Å². The first-order chi connectivity index (χ1) is 11.2. The molecule has 0 saturated carbocycles. The minimum absolute atomic E-state index is 0.0216. The molecule has 1 amide bonds.